The monoisotopic (exact) mass is 383 g/mol. The number of nitrogens with zero attached hydrogens (tertiary/aromatic N) is 2. The van der Waals surface area contributed by atoms with Crippen molar-refractivity contribution in [1.29, 1.82) is 0 Å². The van der Waals surface area contributed by atoms with Crippen LogP contribution in [0.1, 0.15) is 32.1 Å². The van der Waals surface area contributed by atoms with Crippen LogP contribution in [-0.4, -0.2) is 54.0 Å². The number of hydrogen-bond acceptors (Lipinski definition) is 6. The number of nitrogens with one attached hydrogen (secondary N) is 3. The number of H-pyrrole nitrogens is 1. The molecule has 1 aromatic rings. The number of anilines is 1. The summed E-state index contributed by atoms with van der Waals surface area (Å²) < 4.78 is 5.50. The van der Waals surface area contributed by atoms with E-state index in [1.807, 2.05) is 4.90 Å². The summed E-state index contributed by atoms with van der Waals surface area (Å²) in [5, 5.41) is 11.8. The molecule has 1 aliphatic carbocycles. The van der Waals surface area contributed by atoms with E-state index >= 15 is 0 Å². The second-order valence-corrected chi connectivity index (χ2v) is 7.02. The lowest BCUT2D eigenvalue weighted by molar-refractivity contribution is -0.110. The molecule has 3 N–H and O–H groups in total. The maximum absolute atomic E-state index is 12.1. The number of hydrogen-bond donors (Lipinski definition) is 3. The fourth-order valence-corrected chi connectivity index (χ4v) is 3.70. The molecular formula is C16H22ClN5O4. The van der Waals surface area contributed by atoms with Crippen molar-refractivity contribution in [1.82, 2.24) is 20.8 Å². The average Bonchev–Trinajstić information content (AvgIpc) is 3.07. The van der Waals surface area contributed by atoms with E-state index in [4.69, 9.17) is 16.3 Å². The van der Waals surface area contributed by atoms with E-state index in [1.54, 1.807) is 0 Å². The van der Waals surface area contributed by atoms with Crippen molar-refractivity contribution in [2.24, 2.45) is 0 Å². The lowest BCUT2D eigenvalue weighted by Crippen LogP contribution is -2.43. The Morgan fingerprint density at radius 3 is 2.77 bits per heavy atom. The van der Waals surface area contributed by atoms with Gasteiger partial charge in [-0.2, -0.15) is 5.10 Å². The summed E-state index contributed by atoms with van der Waals surface area (Å²) in [7, 11) is 0. The van der Waals surface area contributed by atoms with E-state index in [-0.39, 0.29) is 23.2 Å². The van der Waals surface area contributed by atoms with Crippen LogP contribution in [0.2, 0.25) is 5.02 Å². The second kappa shape index (κ2) is 8.39. The molecule has 0 aromatic carbocycles. The Morgan fingerprint density at radius 2 is 2.04 bits per heavy atom. The number of aromatic amines is 1. The van der Waals surface area contributed by atoms with Gasteiger partial charge in [-0.25, -0.2) is 9.89 Å². The molecule has 1 atom stereocenters. The SMILES string of the molecule is O=CN[C@H]1CC[C@H](NC(=O)O[C@@H]2CCN(c3cn[nH]c(=O)c3Cl)C2)CC1. The fraction of sp³-hybridized carbons (Fsp3) is 0.625. The number of amides is 2. The number of rotatable bonds is 5. The standard InChI is InChI=1S/C16H22ClN5O4/c17-14-13(7-19-21-15(14)24)22-6-5-12(8-22)26-16(25)20-11-3-1-10(2-4-11)18-9-23/h7,9-12H,1-6,8H2,(H,18,23)(H,20,25)(H,21,24)/t10-,11-,12-/m1/s1. The predicted molar refractivity (Wildman–Crippen MR) is 95.3 cm³/mol. The van der Waals surface area contributed by atoms with Crippen LogP contribution in [0.5, 0.6) is 0 Å². The molecule has 3 rings (SSSR count). The minimum Gasteiger partial charge on any atom is -0.444 e. The molecule has 2 aliphatic rings. The van der Waals surface area contributed by atoms with Gasteiger partial charge < -0.3 is 20.3 Å². The van der Waals surface area contributed by atoms with Crippen molar-refractivity contribution in [3.63, 3.8) is 0 Å². The molecule has 26 heavy (non-hydrogen) atoms. The lowest BCUT2D eigenvalue weighted by atomic mass is 9.91. The zero-order valence-corrected chi connectivity index (χ0v) is 15.0. The third-order valence-corrected chi connectivity index (χ3v) is 5.25. The third kappa shape index (κ3) is 4.46. The summed E-state index contributed by atoms with van der Waals surface area (Å²) in [4.78, 5) is 36.0. The van der Waals surface area contributed by atoms with Crippen molar-refractivity contribution in [2.75, 3.05) is 18.0 Å². The van der Waals surface area contributed by atoms with Crippen LogP contribution in [-0.2, 0) is 9.53 Å². The van der Waals surface area contributed by atoms with Crippen LogP contribution >= 0.6 is 11.6 Å². The number of aromatic nitrogens is 2. The molecule has 0 radical (unpaired) electrons. The first-order chi connectivity index (χ1) is 12.6. The van der Waals surface area contributed by atoms with Crippen LogP contribution in [0.3, 0.4) is 0 Å². The highest BCUT2D eigenvalue weighted by atomic mass is 35.5. The largest absolute Gasteiger partial charge is 0.444 e. The normalized spacial score (nSPS) is 25.6. The van der Waals surface area contributed by atoms with E-state index < -0.39 is 11.7 Å². The molecule has 1 saturated heterocycles. The molecule has 1 saturated carbocycles. The summed E-state index contributed by atoms with van der Waals surface area (Å²) in [6.07, 6.45) is 5.49. The quantitative estimate of drug-likeness (QED) is 0.647. The molecule has 1 aromatic heterocycles. The van der Waals surface area contributed by atoms with E-state index in [0.717, 1.165) is 32.1 Å². The number of ether oxygens (including phenoxy) is 1. The number of carbonyl (C=O) groups is 2. The fourth-order valence-electron chi connectivity index (χ4n) is 3.49. The van der Waals surface area contributed by atoms with Gasteiger partial charge >= 0.3 is 6.09 Å². The van der Waals surface area contributed by atoms with Gasteiger partial charge in [0.2, 0.25) is 6.41 Å². The molecular weight excluding hydrogens is 362 g/mol. The van der Waals surface area contributed by atoms with E-state index in [9.17, 15) is 14.4 Å². The van der Waals surface area contributed by atoms with Gasteiger partial charge in [-0.15, -0.1) is 0 Å². The zero-order valence-electron chi connectivity index (χ0n) is 14.2. The Labute approximate surface area is 155 Å². The topological polar surface area (TPSA) is 116 Å². The van der Waals surface area contributed by atoms with Crippen LogP contribution in [0.15, 0.2) is 11.0 Å². The summed E-state index contributed by atoms with van der Waals surface area (Å²) in [5.41, 5.74) is 0.105. The minimum absolute atomic E-state index is 0.0658. The van der Waals surface area contributed by atoms with Gasteiger partial charge in [0.25, 0.3) is 5.56 Å². The Balaban J connectivity index is 1.45. The van der Waals surface area contributed by atoms with Crippen LogP contribution in [0.4, 0.5) is 10.5 Å². The molecule has 10 heteroatoms. The Kier molecular flexibility index (Phi) is 5.97. The predicted octanol–water partition coefficient (Wildman–Crippen LogP) is 0.785. The summed E-state index contributed by atoms with van der Waals surface area (Å²) in [6, 6.07) is 0.258. The van der Waals surface area contributed by atoms with Gasteiger partial charge in [-0.1, -0.05) is 11.6 Å². The maximum Gasteiger partial charge on any atom is 0.407 e. The van der Waals surface area contributed by atoms with Crippen molar-refractivity contribution in [3.8, 4) is 0 Å². The van der Waals surface area contributed by atoms with E-state index in [0.29, 0.717) is 25.2 Å². The highest BCUT2D eigenvalue weighted by molar-refractivity contribution is 6.33. The highest BCUT2D eigenvalue weighted by Gasteiger charge is 2.29. The second-order valence-electron chi connectivity index (χ2n) is 6.64. The van der Waals surface area contributed by atoms with Gasteiger partial charge in [0.15, 0.2) is 0 Å². The van der Waals surface area contributed by atoms with Crippen molar-refractivity contribution < 1.29 is 14.3 Å². The van der Waals surface area contributed by atoms with Gasteiger partial charge in [0.1, 0.15) is 11.1 Å². The van der Waals surface area contributed by atoms with Crippen LogP contribution in [0, 0.1) is 0 Å². The molecule has 142 valence electrons. The first-order valence-corrected chi connectivity index (χ1v) is 9.09. The van der Waals surface area contributed by atoms with Crippen molar-refractivity contribution in [2.45, 2.75) is 50.3 Å². The first kappa shape index (κ1) is 18.5. The molecule has 0 unspecified atom stereocenters. The molecule has 2 fully saturated rings. The molecule has 2 heterocycles. The van der Waals surface area contributed by atoms with E-state index in [1.165, 1.54) is 6.20 Å². The molecule has 9 nitrogen and oxygen atoms in total. The van der Waals surface area contributed by atoms with Crippen LogP contribution in [0.25, 0.3) is 0 Å². The minimum atomic E-state index is -0.439. The van der Waals surface area contributed by atoms with E-state index in [2.05, 4.69) is 20.8 Å². The number of alkyl carbamates (subject to hydrolysis) is 1. The Morgan fingerprint density at radius 1 is 1.31 bits per heavy atom. The van der Waals surface area contributed by atoms with Crippen molar-refractivity contribution >= 4 is 29.8 Å². The molecule has 0 spiro atoms. The Hall–Kier alpha value is -2.29. The lowest BCUT2D eigenvalue weighted by Gasteiger charge is -2.28. The smallest absolute Gasteiger partial charge is 0.407 e. The summed E-state index contributed by atoms with van der Waals surface area (Å²) >= 11 is 6.02. The van der Waals surface area contributed by atoms with Gasteiger partial charge in [-0.3, -0.25) is 9.59 Å². The molecule has 2 amide bonds. The summed E-state index contributed by atoms with van der Waals surface area (Å²) in [5.74, 6) is 0. The van der Waals surface area contributed by atoms with Gasteiger partial charge in [0.05, 0.1) is 18.4 Å². The molecule has 1 aliphatic heterocycles. The highest BCUT2D eigenvalue weighted by Crippen LogP contribution is 2.26. The van der Waals surface area contributed by atoms with Crippen molar-refractivity contribution in [3.05, 3.63) is 21.6 Å². The maximum atomic E-state index is 12.1. The molecule has 0 bridgehead atoms. The number of carbonyl (C=O) groups excluding carboxylic acids is 2. The first-order valence-electron chi connectivity index (χ1n) is 8.71. The zero-order chi connectivity index (χ0) is 18.5. The summed E-state index contributed by atoms with van der Waals surface area (Å²) in [6.45, 7) is 1.10. The average molecular weight is 384 g/mol. The Bertz CT molecular complexity index is 704. The van der Waals surface area contributed by atoms with Gasteiger partial charge in [-0.05, 0) is 25.7 Å². The van der Waals surface area contributed by atoms with Gasteiger partial charge in [0, 0.05) is 25.0 Å². The number of halogens is 1. The third-order valence-electron chi connectivity index (χ3n) is 4.89. The van der Waals surface area contributed by atoms with Crippen LogP contribution < -0.4 is 21.1 Å².